The first-order chi connectivity index (χ1) is 11.0. The van der Waals surface area contributed by atoms with E-state index in [1.54, 1.807) is 32.4 Å². The zero-order chi connectivity index (χ0) is 16.6. The molecule has 120 valence electrons. The number of halogens is 1. The second-order valence-corrected chi connectivity index (χ2v) is 5.60. The number of aryl methyl sites for hydroxylation is 1. The number of ether oxygens (including phenoxy) is 2. The lowest BCUT2D eigenvalue weighted by Crippen LogP contribution is -2.24. The summed E-state index contributed by atoms with van der Waals surface area (Å²) in [5.74, 6) is 0.709. The molecule has 1 unspecified atom stereocenters. The van der Waals surface area contributed by atoms with Gasteiger partial charge in [0.1, 0.15) is 17.3 Å². The molecule has 1 amide bonds. The van der Waals surface area contributed by atoms with Gasteiger partial charge in [-0.05, 0) is 30.2 Å². The Morgan fingerprint density at radius 2 is 1.96 bits per heavy atom. The van der Waals surface area contributed by atoms with Gasteiger partial charge in [0.15, 0.2) is 0 Å². The lowest BCUT2D eigenvalue weighted by molar-refractivity contribution is -0.116. The minimum absolute atomic E-state index is 0.0819. The number of amides is 1. The van der Waals surface area contributed by atoms with E-state index in [1.165, 1.54) is 12.1 Å². The predicted molar refractivity (Wildman–Crippen MR) is 85.8 cm³/mol. The van der Waals surface area contributed by atoms with Gasteiger partial charge >= 0.3 is 0 Å². The zero-order valence-corrected chi connectivity index (χ0v) is 13.3. The highest BCUT2D eigenvalue weighted by Gasteiger charge is 2.31. The molecule has 4 nitrogen and oxygen atoms in total. The number of carbonyl (C=O) groups is 1. The average Bonchev–Trinajstić information content (AvgIpc) is 2.52. The van der Waals surface area contributed by atoms with Crippen molar-refractivity contribution >= 4 is 11.6 Å². The summed E-state index contributed by atoms with van der Waals surface area (Å²) in [6, 6.07) is 8.21. The number of fused-ring (bicyclic) bond motifs is 1. The highest BCUT2D eigenvalue weighted by atomic mass is 19.1. The van der Waals surface area contributed by atoms with Gasteiger partial charge in [-0.15, -0.1) is 0 Å². The average molecular weight is 315 g/mol. The van der Waals surface area contributed by atoms with E-state index in [0.29, 0.717) is 23.6 Å². The van der Waals surface area contributed by atoms with Crippen molar-refractivity contribution < 1.29 is 18.7 Å². The van der Waals surface area contributed by atoms with Crippen LogP contribution >= 0.6 is 0 Å². The second kappa shape index (κ2) is 5.91. The molecule has 0 spiro atoms. The monoisotopic (exact) mass is 315 g/mol. The van der Waals surface area contributed by atoms with Crippen molar-refractivity contribution in [3.05, 3.63) is 52.8 Å². The van der Waals surface area contributed by atoms with Gasteiger partial charge in [-0.2, -0.15) is 0 Å². The molecule has 1 aliphatic rings. The highest BCUT2D eigenvalue weighted by molar-refractivity contribution is 5.96. The summed E-state index contributed by atoms with van der Waals surface area (Å²) in [6.45, 7) is 1.85. The van der Waals surface area contributed by atoms with E-state index in [2.05, 4.69) is 5.32 Å². The van der Waals surface area contributed by atoms with Crippen LogP contribution < -0.4 is 14.8 Å². The van der Waals surface area contributed by atoms with Gasteiger partial charge in [-0.3, -0.25) is 4.79 Å². The normalized spacial score (nSPS) is 16.5. The van der Waals surface area contributed by atoms with Gasteiger partial charge in [-0.25, -0.2) is 4.39 Å². The third kappa shape index (κ3) is 2.74. The third-order valence-corrected chi connectivity index (χ3v) is 4.19. The van der Waals surface area contributed by atoms with Gasteiger partial charge in [0.05, 0.1) is 19.9 Å². The van der Waals surface area contributed by atoms with E-state index < -0.39 is 0 Å². The minimum Gasteiger partial charge on any atom is -0.497 e. The fourth-order valence-corrected chi connectivity index (χ4v) is 3.14. The first kappa shape index (κ1) is 15.3. The number of benzene rings is 2. The topological polar surface area (TPSA) is 47.6 Å². The first-order valence-corrected chi connectivity index (χ1v) is 7.35. The Morgan fingerprint density at radius 3 is 2.61 bits per heavy atom. The first-order valence-electron chi connectivity index (χ1n) is 7.35. The van der Waals surface area contributed by atoms with E-state index in [0.717, 1.165) is 16.7 Å². The van der Waals surface area contributed by atoms with Crippen LogP contribution in [0.15, 0.2) is 30.3 Å². The molecule has 3 rings (SSSR count). The smallest absolute Gasteiger partial charge is 0.225 e. The Hall–Kier alpha value is -2.56. The molecule has 2 aromatic rings. The molecule has 0 bridgehead atoms. The standard InChI is InChI=1S/C18H18FNO3/c1-10-6-11(19)4-5-13(10)14-9-17(21)20-15-7-12(22-2)8-16(23-3)18(14)15/h4-8,14H,9H2,1-3H3,(H,20,21). The molecule has 0 aliphatic carbocycles. The Bertz CT molecular complexity index is 773. The van der Waals surface area contributed by atoms with Gasteiger partial charge < -0.3 is 14.8 Å². The van der Waals surface area contributed by atoms with Crippen LogP contribution in [0.4, 0.5) is 10.1 Å². The maximum atomic E-state index is 13.4. The number of hydrogen-bond donors (Lipinski definition) is 1. The quantitative estimate of drug-likeness (QED) is 0.941. The van der Waals surface area contributed by atoms with Crippen LogP contribution in [0.5, 0.6) is 11.5 Å². The van der Waals surface area contributed by atoms with Crippen molar-refractivity contribution in [2.45, 2.75) is 19.3 Å². The minimum atomic E-state index is -0.284. The number of hydrogen-bond acceptors (Lipinski definition) is 3. The molecule has 1 atom stereocenters. The van der Waals surface area contributed by atoms with Crippen LogP contribution in [0.1, 0.15) is 29.0 Å². The zero-order valence-electron chi connectivity index (χ0n) is 13.3. The van der Waals surface area contributed by atoms with Gasteiger partial charge in [-0.1, -0.05) is 6.07 Å². The lowest BCUT2D eigenvalue weighted by atomic mass is 9.82. The molecule has 1 N–H and O–H groups in total. The summed E-state index contributed by atoms with van der Waals surface area (Å²) in [7, 11) is 3.15. The van der Waals surface area contributed by atoms with E-state index in [9.17, 15) is 9.18 Å². The lowest BCUT2D eigenvalue weighted by Gasteiger charge is -2.29. The maximum absolute atomic E-state index is 13.4. The van der Waals surface area contributed by atoms with Crippen LogP contribution in [0.25, 0.3) is 0 Å². The molecule has 0 radical (unpaired) electrons. The van der Waals surface area contributed by atoms with E-state index in [-0.39, 0.29) is 17.6 Å². The number of methoxy groups -OCH3 is 2. The van der Waals surface area contributed by atoms with Crippen molar-refractivity contribution in [3.8, 4) is 11.5 Å². The number of rotatable bonds is 3. The van der Waals surface area contributed by atoms with Crippen molar-refractivity contribution in [1.29, 1.82) is 0 Å². The van der Waals surface area contributed by atoms with E-state index >= 15 is 0 Å². The fourth-order valence-electron chi connectivity index (χ4n) is 3.14. The van der Waals surface area contributed by atoms with Crippen LogP contribution in [-0.2, 0) is 4.79 Å². The van der Waals surface area contributed by atoms with Crippen LogP contribution in [-0.4, -0.2) is 20.1 Å². The molecular formula is C18H18FNO3. The molecule has 1 heterocycles. The van der Waals surface area contributed by atoms with Crippen molar-refractivity contribution in [1.82, 2.24) is 0 Å². The second-order valence-electron chi connectivity index (χ2n) is 5.60. The van der Waals surface area contributed by atoms with Crippen LogP contribution in [0, 0.1) is 12.7 Å². The molecule has 2 aromatic carbocycles. The Labute approximate surface area is 134 Å². The van der Waals surface area contributed by atoms with Gasteiger partial charge in [0.25, 0.3) is 0 Å². The summed E-state index contributed by atoms with van der Waals surface area (Å²) in [4.78, 5) is 12.1. The summed E-state index contributed by atoms with van der Waals surface area (Å²) in [6.07, 6.45) is 0.294. The van der Waals surface area contributed by atoms with Crippen molar-refractivity contribution in [2.75, 3.05) is 19.5 Å². The number of carbonyl (C=O) groups excluding carboxylic acids is 1. The van der Waals surface area contributed by atoms with Crippen LogP contribution in [0.3, 0.4) is 0 Å². The molecular weight excluding hydrogens is 297 g/mol. The van der Waals surface area contributed by atoms with Crippen LogP contribution in [0.2, 0.25) is 0 Å². The predicted octanol–water partition coefficient (Wildman–Crippen LogP) is 3.63. The highest BCUT2D eigenvalue weighted by Crippen LogP contribution is 2.45. The molecule has 23 heavy (non-hydrogen) atoms. The maximum Gasteiger partial charge on any atom is 0.225 e. The Balaban J connectivity index is 2.20. The Morgan fingerprint density at radius 1 is 1.17 bits per heavy atom. The Kier molecular flexibility index (Phi) is 3.94. The fraction of sp³-hybridized carbons (Fsp3) is 0.278. The molecule has 0 saturated carbocycles. The molecule has 1 aliphatic heterocycles. The number of nitrogens with one attached hydrogen (secondary N) is 1. The molecule has 0 fully saturated rings. The summed E-state index contributed by atoms with van der Waals surface area (Å²) < 4.78 is 24.2. The molecule has 5 heteroatoms. The molecule has 0 saturated heterocycles. The molecule has 0 aromatic heterocycles. The third-order valence-electron chi connectivity index (χ3n) is 4.19. The van der Waals surface area contributed by atoms with E-state index in [1.807, 2.05) is 6.92 Å². The van der Waals surface area contributed by atoms with Gasteiger partial charge in [0.2, 0.25) is 5.91 Å². The SMILES string of the molecule is COc1cc2c(c(OC)c1)C(c1ccc(F)cc1C)CC(=O)N2. The van der Waals surface area contributed by atoms with Gasteiger partial charge in [0, 0.05) is 30.0 Å². The van der Waals surface area contributed by atoms with Crippen molar-refractivity contribution in [3.63, 3.8) is 0 Å². The summed E-state index contributed by atoms with van der Waals surface area (Å²) >= 11 is 0. The summed E-state index contributed by atoms with van der Waals surface area (Å²) in [5, 5.41) is 2.87. The summed E-state index contributed by atoms with van der Waals surface area (Å²) in [5.41, 5.74) is 3.30. The largest absolute Gasteiger partial charge is 0.497 e. The van der Waals surface area contributed by atoms with Crippen molar-refractivity contribution in [2.24, 2.45) is 0 Å². The van der Waals surface area contributed by atoms with E-state index in [4.69, 9.17) is 9.47 Å². The number of anilines is 1.